The highest BCUT2D eigenvalue weighted by Gasteiger charge is 2.30. The van der Waals surface area contributed by atoms with Crippen molar-refractivity contribution in [3.63, 3.8) is 0 Å². The van der Waals surface area contributed by atoms with Crippen LogP contribution in [0.1, 0.15) is 46.0 Å². The second kappa shape index (κ2) is 5.50. The van der Waals surface area contributed by atoms with Crippen LogP contribution in [-0.4, -0.2) is 35.7 Å². The smallest absolute Gasteiger partial charge is 0.0580 e. The zero-order chi connectivity index (χ0) is 11.5. The molecule has 1 saturated carbocycles. The molecule has 0 aromatic heterocycles. The highest BCUT2D eigenvalue weighted by Crippen LogP contribution is 2.31. The Labute approximate surface area is 100 Å². The average Bonchev–Trinajstić information content (AvgIpc) is 2.71. The molecule has 2 nitrogen and oxygen atoms in total. The Morgan fingerprint density at radius 3 is 2.75 bits per heavy atom. The molecule has 4 unspecified atom stereocenters. The van der Waals surface area contributed by atoms with Gasteiger partial charge in [0.05, 0.1) is 6.10 Å². The van der Waals surface area contributed by atoms with E-state index in [-0.39, 0.29) is 6.10 Å². The molecule has 2 aliphatic rings. The predicted molar refractivity (Wildman–Crippen MR) is 67.3 cm³/mol. The van der Waals surface area contributed by atoms with Crippen LogP contribution in [0.5, 0.6) is 0 Å². The van der Waals surface area contributed by atoms with Gasteiger partial charge in [-0.2, -0.15) is 0 Å². The number of hydrogen-bond acceptors (Lipinski definition) is 2. The van der Waals surface area contributed by atoms with E-state index in [9.17, 15) is 5.11 Å². The summed E-state index contributed by atoms with van der Waals surface area (Å²) >= 11 is 0. The summed E-state index contributed by atoms with van der Waals surface area (Å²) in [5.74, 6) is 2.27. The van der Waals surface area contributed by atoms with Crippen molar-refractivity contribution < 1.29 is 5.11 Å². The molecular formula is C14H27NO. The Kier molecular flexibility index (Phi) is 4.26. The second-order valence-electron chi connectivity index (χ2n) is 6.07. The molecule has 2 rings (SSSR count). The van der Waals surface area contributed by atoms with Gasteiger partial charge in [-0.3, -0.25) is 0 Å². The van der Waals surface area contributed by atoms with E-state index in [0.29, 0.717) is 5.92 Å². The zero-order valence-corrected chi connectivity index (χ0v) is 10.9. The van der Waals surface area contributed by atoms with Crippen LogP contribution < -0.4 is 0 Å². The summed E-state index contributed by atoms with van der Waals surface area (Å²) in [5, 5.41) is 10.0. The van der Waals surface area contributed by atoms with E-state index in [0.717, 1.165) is 24.8 Å². The van der Waals surface area contributed by atoms with Crippen LogP contribution in [0.4, 0.5) is 0 Å². The summed E-state index contributed by atoms with van der Waals surface area (Å²) in [6.45, 7) is 8.30. The van der Waals surface area contributed by atoms with Crippen LogP contribution in [0, 0.1) is 17.8 Å². The quantitative estimate of drug-likeness (QED) is 0.798. The molecule has 0 amide bonds. The fourth-order valence-electron chi connectivity index (χ4n) is 3.42. The van der Waals surface area contributed by atoms with E-state index >= 15 is 0 Å². The molecule has 1 aliphatic carbocycles. The lowest BCUT2D eigenvalue weighted by Gasteiger charge is -2.34. The molecule has 4 atom stereocenters. The SMILES string of the molecule is CCC1CCN(CC2CC(C)CCC2O)C1. The third-order valence-corrected chi connectivity index (χ3v) is 4.64. The predicted octanol–water partition coefficient (Wildman–Crippen LogP) is 2.52. The van der Waals surface area contributed by atoms with Gasteiger partial charge in [0, 0.05) is 13.1 Å². The molecule has 0 aromatic rings. The molecule has 0 aromatic carbocycles. The van der Waals surface area contributed by atoms with Crippen LogP contribution in [0.2, 0.25) is 0 Å². The minimum atomic E-state index is -0.0307. The van der Waals surface area contributed by atoms with Crippen LogP contribution in [0.25, 0.3) is 0 Å². The van der Waals surface area contributed by atoms with Crippen molar-refractivity contribution in [3.05, 3.63) is 0 Å². The van der Waals surface area contributed by atoms with E-state index in [2.05, 4.69) is 18.7 Å². The van der Waals surface area contributed by atoms with Gasteiger partial charge in [0.15, 0.2) is 0 Å². The lowest BCUT2D eigenvalue weighted by atomic mass is 9.80. The van der Waals surface area contributed by atoms with Crippen molar-refractivity contribution in [1.29, 1.82) is 0 Å². The summed E-state index contributed by atoms with van der Waals surface area (Å²) in [4.78, 5) is 2.58. The van der Waals surface area contributed by atoms with Gasteiger partial charge in [-0.25, -0.2) is 0 Å². The van der Waals surface area contributed by atoms with Gasteiger partial charge < -0.3 is 10.0 Å². The summed E-state index contributed by atoms with van der Waals surface area (Å²) < 4.78 is 0. The molecule has 1 N–H and O–H groups in total. The minimum absolute atomic E-state index is 0.0307. The Bertz CT molecular complexity index is 219. The second-order valence-corrected chi connectivity index (χ2v) is 6.07. The van der Waals surface area contributed by atoms with Crippen molar-refractivity contribution in [1.82, 2.24) is 4.90 Å². The van der Waals surface area contributed by atoms with Gasteiger partial charge in [0.2, 0.25) is 0 Å². The third-order valence-electron chi connectivity index (χ3n) is 4.64. The highest BCUT2D eigenvalue weighted by molar-refractivity contribution is 4.83. The van der Waals surface area contributed by atoms with Gasteiger partial charge in [-0.05, 0) is 50.0 Å². The molecule has 94 valence electrons. The lowest BCUT2D eigenvalue weighted by molar-refractivity contribution is 0.0340. The molecule has 0 spiro atoms. The molecule has 1 saturated heterocycles. The largest absolute Gasteiger partial charge is 0.393 e. The van der Waals surface area contributed by atoms with Crippen LogP contribution in [0.3, 0.4) is 0 Å². The van der Waals surface area contributed by atoms with Gasteiger partial charge in [0.1, 0.15) is 0 Å². The summed E-state index contributed by atoms with van der Waals surface area (Å²) in [7, 11) is 0. The Balaban J connectivity index is 1.80. The molecule has 2 fully saturated rings. The minimum Gasteiger partial charge on any atom is -0.393 e. The van der Waals surface area contributed by atoms with Crippen LogP contribution in [0.15, 0.2) is 0 Å². The lowest BCUT2D eigenvalue weighted by Crippen LogP contribution is -2.37. The van der Waals surface area contributed by atoms with Gasteiger partial charge in [-0.15, -0.1) is 0 Å². The van der Waals surface area contributed by atoms with E-state index in [4.69, 9.17) is 0 Å². The molecule has 2 heteroatoms. The third kappa shape index (κ3) is 2.98. The maximum Gasteiger partial charge on any atom is 0.0580 e. The molecule has 0 radical (unpaired) electrons. The first-order valence-corrected chi connectivity index (χ1v) is 7.09. The molecule has 16 heavy (non-hydrogen) atoms. The fourth-order valence-corrected chi connectivity index (χ4v) is 3.42. The maximum atomic E-state index is 10.0. The molecular weight excluding hydrogens is 198 g/mol. The molecule has 0 bridgehead atoms. The van der Waals surface area contributed by atoms with Crippen LogP contribution in [-0.2, 0) is 0 Å². The maximum absolute atomic E-state index is 10.0. The first-order chi connectivity index (χ1) is 7.69. The highest BCUT2D eigenvalue weighted by atomic mass is 16.3. The normalized spacial score (nSPS) is 41.4. The van der Waals surface area contributed by atoms with Crippen molar-refractivity contribution in [2.45, 2.75) is 52.1 Å². The summed E-state index contributed by atoms with van der Waals surface area (Å²) in [5.41, 5.74) is 0. The van der Waals surface area contributed by atoms with Gasteiger partial charge >= 0.3 is 0 Å². The average molecular weight is 225 g/mol. The Hall–Kier alpha value is -0.0800. The number of likely N-dealkylation sites (tertiary alicyclic amines) is 1. The Morgan fingerprint density at radius 2 is 2.06 bits per heavy atom. The van der Waals surface area contributed by atoms with E-state index in [1.54, 1.807) is 0 Å². The topological polar surface area (TPSA) is 23.5 Å². The van der Waals surface area contributed by atoms with Crippen LogP contribution >= 0.6 is 0 Å². The number of nitrogens with zero attached hydrogens (tertiary/aromatic N) is 1. The summed E-state index contributed by atoms with van der Waals surface area (Å²) in [6.07, 6.45) is 6.13. The van der Waals surface area contributed by atoms with Crippen molar-refractivity contribution >= 4 is 0 Å². The molecule has 1 aliphatic heterocycles. The van der Waals surface area contributed by atoms with E-state index < -0.39 is 0 Å². The first-order valence-electron chi connectivity index (χ1n) is 7.09. The summed E-state index contributed by atoms with van der Waals surface area (Å²) in [6, 6.07) is 0. The number of aliphatic hydroxyl groups is 1. The number of aliphatic hydroxyl groups excluding tert-OH is 1. The zero-order valence-electron chi connectivity index (χ0n) is 10.9. The van der Waals surface area contributed by atoms with Gasteiger partial charge in [-0.1, -0.05) is 20.3 Å². The van der Waals surface area contributed by atoms with Crippen molar-refractivity contribution in [2.24, 2.45) is 17.8 Å². The Morgan fingerprint density at radius 1 is 1.25 bits per heavy atom. The van der Waals surface area contributed by atoms with Crippen molar-refractivity contribution in [2.75, 3.05) is 19.6 Å². The van der Waals surface area contributed by atoms with E-state index in [1.807, 2.05) is 0 Å². The first kappa shape index (κ1) is 12.4. The fraction of sp³-hybridized carbons (Fsp3) is 1.00. The standard InChI is InChI=1S/C14H27NO/c1-3-12-6-7-15(9-12)10-13-8-11(2)4-5-14(13)16/h11-14,16H,3-10H2,1-2H3. The van der Waals surface area contributed by atoms with E-state index in [1.165, 1.54) is 38.8 Å². The number of hydrogen-bond donors (Lipinski definition) is 1. The van der Waals surface area contributed by atoms with Crippen molar-refractivity contribution in [3.8, 4) is 0 Å². The molecule has 1 heterocycles. The number of rotatable bonds is 3. The van der Waals surface area contributed by atoms with Gasteiger partial charge in [0.25, 0.3) is 0 Å². The monoisotopic (exact) mass is 225 g/mol.